The summed E-state index contributed by atoms with van der Waals surface area (Å²) in [6, 6.07) is 18.0. The van der Waals surface area contributed by atoms with Crippen LogP contribution in [-0.4, -0.2) is 70.9 Å². The monoisotopic (exact) mass is 669 g/mol. The minimum absolute atomic E-state index is 0.0874. The smallest absolute Gasteiger partial charge is 0.340 e. The zero-order valence-corrected chi connectivity index (χ0v) is 28.2. The van der Waals surface area contributed by atoms with Crippen molar-refractivity contribution in [2.75, 3.05) is 51.7 Å². The van der Waals surface area contributed by atoms with E-state index in [1.54, 1.807) is 24.3 Å². The lowest BCUT2D eigenvalue weighted by Crippen LogP contribution is -2.44. The number of fused-ring (bicyclic) bond motifs is 6. The molecular formula is C36H35N3O8S. The zero-order valence-electron chi connectivity index (χ0n) is 27.3. The molecule has 0 fully saturated rings. The molecule has 1 spiro atoms. The SMILES string of the molecule is COc1cc(OCC(NC(=O)c2ccc3c(c2)C(=O)OC32c3ccc(N(C)C)cc3Oc3cc(N(C)C)ccc32)C(=O)O)cc(C)c1S. The number of hydrogen-bond donors (Lipinski definition) is 3. The summed E-state index contributed by atoms with van der Waals surface area (Å²) in [5, 5.41) is 12.4. The first-order valence-corrected chi connectivity index (χ1v) is 15.5. The molecular weight excluding hydrogens is 634 g/mol. The summed E-state index contributed by atoms with van der Waals surface area (Å²) in [7, 11) is 9.20. The predicted octanol–water partition coefficient (Wildman–Crippen LogP) is 5.25. The van der Waals surface area contributed by atoms with Crippen molar-refractivity contribution < 1.29 is 38.4 Å². The number of nitrogens with zero attached hydrogens (tertiary/aromatic N) is 2. The average Bonchev–Trinajstić information content (AvgIpc) is 3.35. The highest BCUT2D eigenvalue weighted by Crippen LogP contribution is 2.57. The molecule has 0 saturated heterocycles. The van der Waals surface area contributed by atoms with Crippen LogP contribution in [0.2, 0.25) is 0 Å². The van der Waals surface area contributed by atoms with Gasteiger partial charge in [0.05, 0.1) is 12.7 Å². The predicted molar refractivity (Wildman–Crippen MR) is 183 cm³/mol. The van der Waals surface area contributed by atoms with E-state index in [0.29, 0.717) is 44.6 Å². The maximum Gasteiger partial charge on any atom is 0.340 e. The van der Waals surface area contributed by atoms with Gasteiger partial charge in [-0.3, -0.25) is 4.79 Å². The van der Waals surface area contributed by atoms with Crippen molar-refractivity contribution in [1.82, 2.24) is 5.32 Å². The van der Waals surface area contributed by atoms with E-state index in [1.165, 1.54) is 13.2 Å². The van der Waals surface area contributed by atoms with Crippen LogP contribution in [-0.2, 0) is 15.1 Å². The van der Waals surface area contributed by atoms with Gasteiger partial charge in [-0.1, -0.05) is 6.07 Å². The maximum absolute atomic E-state index is 13.6. The number of carbonyl (C=O) groups is 3. The first-order chi connectivity index (χ1) is 22.8. The van der Waals surface area contributed by atoms with Crippen molar-refractivity contribution in [3.63, 3.8) is 0 Å². The molecule has 0 bridgehead atoms. The number of anilines is 2. The van der Waals surface area contributed by atoms with Crippen molar-refractivity contribution in [2.45, 2.75) is 23.5 Å². The molecule has 11 nitrogen and oxygen atoms in total. The second-order valence-electron chi connectivity index (χ2n) is 12.0. The fraction of sp³-hybridized carbons (Fsp3) is 0.250. The standard InChI is InChI=1S/C36H35N3O8S/c1-19-13-23(17-31(44-6)32(19)48)45-18-28(34(41)42)37-33(40)20-7-10-25-24(14-20)35(43)47-36(25)26-11-8-21(38(2)3)15-29(26)46-30-16-22(39(4)5)9-12-27(30)36/h7-17,28,48H,18H2,1-6H3,(H,37,40)(H,41,42). The summed E-state index contributed by atoms with van der Waals surface area (Å²) in [4.78, 5) is 43.7. The quantitative estimate of drug-likeness (QED) is 0.161. The number of thiol groups is 1. The number of aliphatic carboxylic acids is 1. The Morgan fingerprint density at radius 3 is 2.08 bits per heavy atom. The lowest BCUT2D eigenvalue weighted by atomic mass is 9.77. The molecule has 4 aromatic rings. The van der Waals surface area contributed by atoms with Crippen LogP contribution in [0.3, 0.4) is 0 Å². The van der Waals surface area contributed by atoms with Gasteiger partial charge in [-0.25, -0.2) is 9.59 Å². The summed E-state index contributed by atoms with van der Waals surface area (Å²) in [6.07, 6.45) is 0. The van der Waals surface area contributed by atoms with Gasteiger partial charge < -0.3 is 39.2 Å². The van der Waals surface area contributed by atoms with E-state index in [2.05, 4.69) is 17.9 Å². The van der Waals surface area contributed by atoms with Gasteiger partial charge in [-0.05, 0) is 55.0 Å². The Morgan fingerprint density at radius 1 is 0.917 bits per heavy atom. The van der Waals surface area contributed by atoms with Crippen molar-refractivity contribution >= 4 is 41.8 Å². The van der Waals surface area contributed by atoms with Gasteiger partial charge in [0, 0.05) is 84.9 Å². The normalized spacial score (nSPS) is 14.1. The Hall–Kier alpha value is -5.36. The van der Waals surface area contributed by atoms with Crippen molar-refractivity contribution in [3.05, 3.63) is 100 Å². The van der Waals surface area contributed by atoms with Crippen LogP contribution in [0.4, 0.5) is 11.4 Å². The summed E-state index contributed by atoms with van der Waals surface area (Å²) in [5.41, 5.74) is 3.34. The van der Waals surface area contributed by atoms with Crippen LogP contribution in [0.15, 0.2) is 71.6 Å². The van der Waals surface area contributed by atoms with E-state index in [1.807, 2.05) is 81.3 Å². The van der Waals surface area contributed by atoms with Gasteiger partial charge in [-0.15, -0.1) is 12.6 Å². The number of hydrogen-bond acceptors (Lipinski definition) is 10. The highest BCUT2D eigenvalue weighted by Gasteiger charge is 2.53. The molecule has 248 valence electrons. The Labute approximate surface area is 283 Å². The number of methoxy groups -OCH3 is 1. The van der Waals surface area contributed by atoms with E-state index in [-0.39, 0.29) is 17.7 Å². The summed E-state index contributed by atoms with van der Waals surface area (Å²) in [5.74, 6) is -0.704. The Balaban J connectivity index is 1.34. The Bertz CT molecular complexity index is 1920. The molecule has 1 unspecified atom stereocenters. The van der Waals surface area contributed by atoms with Crippen LogP contribution in [0.25, 0.3) is 0 Å². The minimum atomic E-state index is -1.39. The minimum Gasteiger partial charge on any atom is -0.495 e. The van der Waals surface area contributed by atoms with Crippen LogP contribution < -0.4 is 29.3 Å². The molecule has 0 aromatic heterocycles. The maximum atomic E-state index is 13.6. The molecule has 2 N–H and O–H groups in total. The van der Waals surface area contributed by atoms with E-state index in [0.717, 1.165) is 16.9 Å². The molecule has 12 heteroatoms. The fourth-order valence-corrected chi connectivity index (χ4v) is 6.17. The van der Waals surface area contributed by atoms with Gasteiger partial charge >= 0.3 is 11.9 Å². The highest BCUT2D eigenvalue weighted by molar-refractivity contribution is 7.80. The number of carboxylic acids is 1. The van der Waals surface area contributed by atoms with Gasteiger partial charge in [0.2, 0.25) is 0 Å². The van der Waals surface area contributed by atoms with Crippen molar-refractivity contribution in [1.29, 1.82) is 0 Å². The third kappa shape index (κ3) is 5.51. The third-order valence-corrected chi connectivity index (χ3v) is 9.12. The van der Waals surface area contributed by atoms with Crippen molar-refractivity contribution in [2.24, 2.45) is 0 Å². The molecule has 2 aliphatic heterocycles. The lowest BCUT2D eigenvalue weighted by molar-refractivity contribution is -0.140. The van der Waals surface area contributed by atoms with Gasteiger partial charge in [0.25, 0.3) is 5.91 Å². The molecule has 2 heterocycles. The number of carbonyl (C=O) groups excluding carboxylic acids is 2. The van der Waals surface area contributed by atoms with Gasteiger partial charge in [-0.2, -0.15) is 0 Å². The summed E-state index contributed by atoms with van der Waals surface area (Å²) >= 11 is 4.41. The molecule has 48 heavy (non-hydrogen) atoms. The van der Waals surface area contributed by atoms with Crippen LogP contribution in [0.1, 0.15) is 43.0 Å². The van der Waals surface area contributed by atoms with E-state index < -0.39 is 29.5 Å². The number of benzene rings is 4. The number of nitrogens with one attached hydrogen (secondary N) is 1. The molecule has 1 amide bonds. The first-order valence-electron chi connectivity index (χ1n) is 15.1. The number of carboxylic acid groups (broad SMARTS) is 1. The molecule has 2 aliphatic rings. The Kier molecular flexibility index (Phi) is 8.38. The first kappa shape index (κ1) is 32.6. The van der Waals surface area contributed by atoms with E-state index in [9.17, 15) is 19.5 Å². The average molecular weight is 670 g/mol. The fourth-order valence-electron chi connectivity index (χ4n) is 5.95. The number of ether oxygens (including phenoxy) is 4. The molecule has 1 atom stereocenters. The number of aryl methyl sites for hydroxylation is 1. The number of rotatable bonds is 9. The van der Waals surface area contributed by atoms with Crippen LogP contribution in [0.5, 0.6) is 23.0 Å². The Morgan fingerprint density at radius 2 is 1.52 bits per heavy atom. The lowest BCUT2D eigenvalue weighted by Gasteiger charge is -2.37. The second kappa shape index (κ2) is 12.3. The number of amides is 1. The largest absolute Gasteiger partial charge is 0.495 e. The highest BCUT2D eigenvalue weighted by atomic mass is 32.1. The molecule has 0 radical (unpaired) electrons. The van der Waals surface area contributed by atoms with Gasteiger partial charge in [0.1, 0.15) is 29.6 Å². The second-order valence-corrected chi connectivity index (χ2v) is 12.5. The number of esters is 1. The van der Waals surface area contributed by atoms with Crippen LogP contribution >= 0.6 is 12.6 Å². The molecule has 4 aromatic carbocycles. The van der Waals surface area contributed by atoms with Crippen molar-refractivity contribution in [3.8, 4) is 23.0 Å². The summed E-state index contributed by atoms with van der Waals surface area (Å²) < 4.78 is 23.7. The van der Waals surface area contributed by atoms with Gasteiger partial charge in [0.15, 0.2) is 11.6 Å². The van der Waals surface area contributed by atoms with Crippen LogP contribution in [0, 0.1) is 6.92 Å². The molecule has 0 aliphatic carbocycles. The summed E-state index contributed by atoms with van der Waals surface area (Å²) in [6.45, 7) is 1.46. The topological polar surface area (TPSA) is 127 Å². The van der Waals surface area contributed by atoms with E-state index in [4.69, 9.17) is 18.9 Å². The molecule has 0 saturated carbocycles. The third-order valence-electron chi connectivity index (χ3n) is 8.55. The zero-order chi connectivity index (χ0) is 34.5. The molecule has 6 rings (SSSR count). The van der Waals surface area contributed by atoms with E-state index >= 15 is 0 Å².